The van der Waals surface area contributed by atoms with Crippen molar-refractivity contribution < 1.29 is 19.1 Å². The molecule has 0 bridgehead atoms. The van der Waals surface area contributed by atoms with Crippen LogP contribution < -0.4 is 10.6 Å². The van der Waals surface area contributed by atoms with Gasteiger partial charge in [-0.25, -0.2) is 9.97 Å². The number of aromatic nitrogens is 2. The van der Waals surface area contributed by atoms with Gasteiger partial charge < -0.3 is 20.1 Å². The topological polar surface area (TPSA) is 106 Å². The number of carbonyl (C=O) groups is 2. The van der Waals surface area contributed by atoms with E-state index in [9.17, 15) is 9.59 Å². The second-order valence-corrected chi connectivity index (χ2v) is 6.50. The average molecular weight is 422 g/mol. The van der Waals surface area contributed by atoms with Crippen LogP contribution in [-0.2, 0) is 19.1 Å². The highest BCUT2D eigenvalue weighted by atomic mass is 35.5. The van der Waals surface area contributed by atoms with Crippen molar-refractivity contribution in [1.82, 2.24) is 14.9 Å². The van der Waals surface area contributed by atoms with E-state index in [1.165, 1.54) is 20.5 Å². The molecule has 0 unspecified atom stereocenters. The normalized spacial score (nSPS) is 10.5. The number of carbonyl (C=O) groups excluding carboxylic acids is 2. The minimum atomic E-state index is -0.408. The first-order valence-electron chi connectivity index (χ1n) is 8.94. The quantitative estimate of drug-likeness (QED) is 0.417. The first kappa shape index (κ1) is 22.4. The lowest BCUT2D eigenvalue weighted by atomic mass is 10.3. The van der Waals surface area contributed by atoms with Gasteiger partial charge >= 0.3 is 11.9 Å². The maximum Gasteiger partial charge on any atom is 0.319 e. The third kappa shape index (κ3) is 8.32. The van der Waals surface area contributed by atoms with Gasteiger partial charge in [0.05, 0.1) is 27.3 Å². The van der Waals surface area contributed by atoms with Gasteiger partial charge in [0.15, 0.2) is 0 Å². The highest BCUT2D eigenvalue weighted by Crippen LogP contribution is 2.19. The van der Waals surface area contributed by atoms with Crippen LogP contribution in [0.4, 0.5) is 17.3 Å². The largest absolute Gasteiger partial charge is 0.468 e. The summed E-state index contributed by atoms with van der Waals surface area (Å²) in [5.41, 5.74) is 0.823. The van der Waals surface area contributed by atoms with Crippen LogP contribution in [-0.4, -0.2) is 67.2 Å². The molecule has 0 spiro atoms. The summed E-state index contributed by atoms with van der Waals surface area (Å²) in [5.74, 6) is 0.462. The van der Waals surface area contributed by atoms with Crippen molar-refractivity contribution in [2.24, 2.45) is 0 Å². The lowest BCUT2D eigenvalue weighted by Crippen LogP contribution is -2.36. The molecule has 0 saturated carbocycles. The Hall–Kier alpha value is -2.91. The number of anilines is 3. The van der Waals surface area contributed by atoms with Crippen molar-refractivity contribution in [3.05, 3.63) is 41.7 Å². The van der Waals surface area contributed by atoms with Crippen molar-refractivity contribution in [2.45, 2.75) is 6.42 Å². The van der Waals surface area contributed by atoms with Gasteiger partial charge in [-0.15, -0.1) is 0 Å². The molecule has 0 aliphatic rings. The fourth-order valence-electron chi connectivity index (χ4n) is 2.46. The summed E-state index contributed by atoms with van der Waals surface area (Å²) in [7, 11) is 2.62. The van der Waals surface area contributed by atoms with Gasteiger partial charge in [0.25, 0.3) is 0 Å². The molecular formula is C19H24ClN5O4. The summed E-state index contributed by atoms with van der Waals surface area (Å²) < 4.78 is 9.32. The molecule has 1 aromatic heterocycles. The van der Waals surface area contributed by atoms with Gasteiger partial charge in [-0.3, -0.25) is 14.5 Å². The van der Waals surface area contributed by atoms with Crippen LogP contribution in [0.25, 0.3) is 0 Å². The number of nitrogens with zero attached hydrogens (tertiary/aromatic N) is 3. The van der Waals surface area contributed by atoms with Crippen molar-refractivity contribution in [3.8, 4) is 0 Å². The number of hydrogen-bond donors (Lipinski definition) is 2. The van der Waals surface area contributed by atoms with Gasteiger partial charge in [0.1, 0.15) is 18.0 Å². The molecule has 0 fully saturated rings. The zero-order chi connectivity index (χ0) is 21.1. The number of hydrogen-bond acceptors (Lipinski definition) is 9. The summed E-state index contributed by atoms with van der Waals surface area (Å²) >= 11 is 5.99. The molecule has 0 aliphatic carbocycles. The molecule has 0 atom stereocenters. The third-order valence-corrected chi connectivity index (χ3v) is 4.12. The van der Waals surface area contributed by atoms with E-state index >= 15 is 0 Å². The van der Waals surface area contributed by atoms with Crippen molar-refractivity contribution in [1.29, 1.82) is 0 Å². The molecule has 0 amide bonds. The lowest BCUT2D eigenvalue weighted by Gasteiger charge is -2.19. The Kier molecular flexibility index (Phi) is 9.13. The Balaban J connectivity index is 1.84. The monoisotopic (exact) mass is 421 g/mol. The molecule has 0 saturated heterocycles. The number of methoxy groups -OCH3 is 2. The molecule has 9 nitrogen and oxygen atoms in total. The summed E-state index contributed by atoms with van der Waals surface area (Å²) in [5, 5.41) is 6.99. The molecule has 0 aliphatic heterocycles. The van der Waals surface area contributed by atoms with E-state index in [1.54, 1.807) is 23.1 Å². The number of benzene rings is 1. The Bertz CT molecular complexity index is 803. The zero-order valence-electron chi connectivity index (χ0n) is 16.4. The van der Waals surface area contributed by atoms with Gasteiger partial charge in [0, 0.05) is 29.9 Å². The third-order valence-electron chi connectivity index (χ3n) is 3.88. The van der Waals surface area contributed by atoms with Crippen molar-refractivity contribution >= 4 is 40.9 Å². The maximum atomic E-state index is 11.5. The highest BCUT2D eigenvalue weighted by molar-refractivity contribution is 6.30. The standard InChI is InChI=1S/C19H24ClN5O4/c1-28-18(26)11-25(12-19(27)29-2)8-4-7-21-16-10-17(23-13-22-16)24-15-6-3-5-14(20)9-15/h3,5-6,9-10,13H,4,7-8,11-12H2,1-2H3,(H2,21,22,23,24). The number of esters is 2. The van der Waals surface area contributed by atoms with Crippen LogP contribution in [0.15, 0.2) is 36.7 Å². The first-order chi connectivity index (χ1) is 14.0. The highest BCUT2D eigenvalue weighted by Gasteiger charge is 2.15. The zero-order valence-corrected chi connectivity index (χ0v) is 17.1. The smallest absolute Gasteiger partial charge is 0.319 e. The number of halogens is 1. The molecule has 10 heteroatoms. The SMILES string of the molecule is COC(=O)CN(CCCNc1cc(Nc2cccc(Cl)c2)ncn1)CC(=O)OC. The van der Waals surface area contributed by atoms with Crippen molar-refractivity contribution in [3.63, 3.8) is 0 Å². The Morgan fingerprint density at radius 1 is 1.07 bits per heavy atom. The van der Waals surface area contributed by atoms with Gasteiger partial charge in [-0.2, -0.15) is 0 Å². The molecule has 1 heterocycles. The van der Waals surface area contributed by atoms with Crippen LogP contribution in [0.3, 0.4) is 0 Å². The van der Waals surface area contributed by atoms with Crippen LogP contribution in [0.1, 0.15) is 6.42 Å². The summed E-state index contributed by atoms with van der Waals surface area (Å²) in [6, 6.07) is 9.11. The molecule has 2 rings (SSSR count). The molecule has 2 N–H and O–H groups in total. The molecule has 0 radical (unpaired) electrons. The van der Waals surface area contributed by atoms with Crippen LogP contribution >= 0.6 is 11.6 Å². The van der Waals surface area contributed by atoms with E-state index in [1.807, 2.05) is 12.1 Å². The van der Waals surface area contributed by atoms with Gasteiger partial charge in [-0.1, -0.05) is 17.7 Å². The first-order valence-corrected chi connectivity index (χ1v) is 9.32. The Labute approximate surface area is 174 Å². The summed E-state index contributed by atoms with van der Waals surface area (Å²) in [6.07, 6.45) is 2.13. The van der Waals surface area contributed by atoms with Crippen LogP contribution in [0.2, 0.25) is 5.02 Å². The minimum absolute atomic E-state index is 0.0206. The van der Waals surface area contributed by atoms with E-state index in [-0.39, 0.29) is 13.1 Å². The van der Waals surface area contributed by atoms with Crippen LogP contribution in [0, 0.1) is 0 Å². The van der Waals surface area contributed by atoms with Gasteiger partial charge in [0.2, 0.25) is 0 Å². The van der Waals surface area contributed by atoms with Crippen LogP contribution in [0.5, 0.6) is 0 Å². The summed E-state index contributed by atoms with van der Waals surface area (Å²) in [4.78, 5) is 33.0. The average Bonchev–Trinajstić information content (AvgIpc) is 2.71. The molecule has 2 aromatic rings. The lowest BCUT2D eigenvalue weighted by molar-refractivity contribution is -0.145. The number of ether oxygens (including phenoxy) is 2. The molecule has 29 heavy (non-hydrogen) atoms. The number of rotatable bonds is 11. The Morgan fingerprint density at radius 3 is 2.41 bits per heavy atom. The summed E-state index contributed by atoms with van der Waals surface area (Å²) in [6.45, 7) is 1.14. The van der Waals surface area contributed by atoms with E-state index in [2.05, 4.69) is 30.1 Å². The van der Waals surface area contributed by atoms with E-state index in [0.29, 0.717) is 36.2 Å². The van der Waals surface area contributed by atoms with Gasteiger partial charge in [-0.05, 0) is 24.6 Å². The second-order valence-electron chi connectivity index (χ2n) is 6.07. The predicted octanol–water partition coefficient (Wildman–Crippen LogP) is 2.32. The molecule has 1 aromatic carbocycles. The van der Waals surface area contributed by atoms with E-state index < -0.39 is 11.9 Å². The predicted molar refractivity (Wildman–Crippen MR) is 110 cm³/mol. The Morgan fingerprint density at radius 2 is 1.76 bits per heavy atom. The fourth-order valence-corrected chi connectivity index (χ4v) is 2.65. The second kappa shape index (κ2) is 11.8. The van der Waals surface area contributed by atoms with Crippen molar-refractivity contribution in [2.75, 3.05) is 51.0 Å². The van der Waals surface area contributed by atoms with E-state index in [0.717, 1.165) is 5.69 Å². The number of nitrogens with one attached hydrogen (secondary N) is 2. The molecular weight excluding hydrogens is 398 g/mol. The minimum Gasteiger partial charge on any atom is -0.468 e. The molecule has 156 valence electrons. The fraction of sp³-hybridized carbons (Fsp3) is 0.368. The maximum absolute atomic E-state index is 11.5. The van der Waals surface area contributed by atoms with E-state index in [4.69, 9.17) is 11.6 Å².